The second-order valence-corrected chi connectivity index (χ2v) is 23.2. The third-order valence-electron chi connectivity index (χ3n) is 16.8. The number of carbonyl (C=O) groups is 1. The molecule has 17 unspecified atom stereocenters. The number of fused-ring (bicyclic) bond motifs is 10. The highest BCUT2D eigenvalue weighted by molar-refractivity contribution is 8.00. The molecule has 2 aromatic rings. The van der Waals surface area contributed by atoms with Crippen LogP contribution in [0.3, 0.4) is 0 Å². The summed E-state index contributed by atoms with van der Waals surface area (Å²) in [5.41, 5.74) is 8.27. The first-order chi connectivity index (χ1) is 32.5. The number of nitrogens with one attached hydrogen (secondary N) is 1. The second kappa shape index (κ2) is 19.5. The van der Waals surface area contributed by atoms with Crippen LogP contribution in [0.1, 0.15) is 116 Å². The minimum Gasteiger partial charge on any atom is -0.482 e. The average molecular weight is 951 g/mol. The molecule has 9 rings (SSSR count). The molecule has 3 aliphatic heterocycles. The van der Waals surface area contributed by atoms with Gasteiger partial charge in [-0.15, -0.1) is 11.8 Å². The SMILES string of the molecule is CC(C)=CCCC1(C)C=Cc2c(c(CC=C(C)C)c3c(c2OC2OC(CO)C(O)CC2O)C2=Nc4ccccc4SC(C)C2C2C4C(C)C(O)C(CC=C(C)C(=O)NCCO)C4C(C)C4C3C42)O1. The van der Waals surface area contributed by atoms with E-state index in [1.165, 1.54) is 16.7 Å². The van der Waals surface area contributed by atoms with Crippen molar-refractivity contribution in [3.63, 3.8) is 0 Å². The molecule has 3 heterocycles. The maximum atomic E-state index is 13.0. The summed E-state index contributed by atoms with van der Waals surface area (Å²) in [7, 11) is 0. The Hall–Kier alpha value is -3.75. The number of para-hydroxylation sites is 1. The summed E-state index contributed by atoms with van der Waals surface area (Å²) >= 11 is 1.87. The molecule has 1 amide bonds. The zero-order valence-electron chi connectivity index (χ0n) is 41.3. The average Bonchev–Trinajstić information content (AvgIpc) is 4.02. The lowest BCUT2D eigenvalue weighted by Crippen LogP contribution is -2.51. The van der Waals surface area contributed by atoms with Gasteiger partial charge in [-0.1, -0.05) is 62.3 Å². The molecule has 68 heavy (non-hydrogen) atoms. The lowest BCUT2D eigenvalue weighted by atomic mass is 9.59. The van der Waals surface area contributed by atoms with Crippen LogP contribution in [0.2, 0.25) is 0 Å². The van der Waals surface area contributed by atoms with Crippen molar-refractivity contribution in [2.24, 2.45) is 58.3 Å². The van der Waals surface area contributed by atoms with Gasteiger partial charge in [0.25, 0.3) is 0 Å². The maximum Gasteiger partial charge on any atom is 0.246 e. The number of thioether (sulfide) groups is 1. The minimum atomic E-state index is -1.19. The highest BCUT2D eigenvalue weighted by atomic mass is 32.2. The van der Waals surface area contributed by atoms with Crippen LogP contribution in [0.25, 0.3) is 6.08 Å². The molecule has 0 radical (unpaired) electrons. The smallest absolute Gasteiger partial charge is 0.246 e. The third kappa shape index (κ3) is 8.76. The summed E-state index contributed by atoms with van der Waals surface area (Å²) in [4.78, 5) is 19.9. The van der Waals surface area contributed by atoms with Crippen LogP contribution in [0, 0.1) is 53.3 Å². The number of rotatable bonds is 13. The van der Waals surface area contributed by atoms with Crippen molar-refractivity contribution in [1.82, 2.24) is 5.32 Å². The van der Waals surface area contributed by atoms with Crippen LogP contribution in [0.15, 0.2) is 75.2 Å². The van der Waals surface area contributed by atoms with E-state index in [4.69, 9.17) is 19.2 Å². The van der Waals surface area contributed by atoms with E-state index in [0.29, 0.717) is 24.2 Å². The molecule has 4 aliphatic carbocycles. The maximum absolute atomic E-state index is 13.0. The lowest BCUT2D eigenvalue weighted by molar-refractivity contribution is -0.240. The van der Waals surface area contributed by atoms with Gasteiger partial charge in [-0.05, 0) is 150 Å². The van der Waals surface area contributed by atoms with Crippen LogP contribution in [-0.2, 0) is 16.0 Å². The normalized spacial score (nSPS) is 37.3. The van der Waals surface area contributed by atoms with Gasteiger partial charge >= 0.3 is 0 Å². The second-order valence-electron chi connectivity index (χ2n) is 21.8. The lowest BCUT2D eigenvalue weighted by Gasteiger charge is -2.46. The number of aliphatic hydroxyl groups excluding tert-OH is 5. The van der Waals surface area contributed by atoms with Crippen molar-refractivity contribution >= 4 is 35.1 Å². The van der Waals surface area contributed by atoms with E-state index in [2.05, 4.69) is 103 Å². The molecule has 0 aromatic heterocycles. The summed E-state index contributed by atoms with van der Waals surface area (Å²) in [6, 6.07) is 8.37. The third-order valence-corrected chi connectivity index (χ3v) is 18.1. The summed E-state index contributed by atoms with van der Waals surface area (Å²) in [6.45, 7) is 19.1. The Morgan fingerprint density at radius 3 is 2.38 bits per heavy atom. The fraction of sp³-hybridized carbons (Fsp3) is 0.607. The first kappa shape index (κ1) is 49.2. The largest absolute Gasteiger partial charge is 0.482 e. The molecule has 2 aromatic carbocycles. The van der Waals surface area contributed by atoms with Gasteiger partial charge in [0.15, 0.2) is 0 Å². The number of amides is 1. The first-order valence-electron chi connectivity index (χ1n) is 25.2. The number of ether oxygens (including phenoxy) is 3. The van der Waals surface area contributed by atoms with E-state index < -0.39 is 42.9 Å². The quantitative estimate of drug-likeness (QED) is 0.0847. The van der Waals surface area contributed by atoms with E-state index in [1.807, 2.05) is 30.8 Å². The van der Waals surface area contributed by atoms with E-state index in [0.717, 1.165) is 51.6 Å². The van der Waals surface area contributed by atoms with Crippen molar-refractivity contribution in [1.29, 1.82) is 0 Å². The van der Waals surface area contributed by atoms with Gasteiger partial charge in [-0.3, -0.25) is 9.79 Å². The van der Waals surface area contributed by atoms with E-state index in [-0.39, 0.29) is 89.9 Å². The fourth-order valence-electron chi connectivity index (χ4n) is 13.7. The summed E-state index contributed by atoms with van der Waals surface area (Å²) in [6.07, 6.45) is 8.72. The Balaban J connectivity index is 1.29. The number of hydrogen-bond acceptors (Lipinski definition) is 11. The molecule has 12 heteroatoms. The van der Waals surface area contributed by atoms with Crippen LogP contribution < -0.4 is 14.8 Å². The monoisotopic (exact) mass is 951 g/mol. The topological polar surface area (TPSA) is 170 Å². The predicted octanol–water partition coefficient (Wildman–Crippen LogP) is 8.46. The van der Waals surface area contributed by atoms with E-state index in [1.54, 1.807) is 0 Å². The zero-order chi connectivity index (χ0) is 48.5. The highest BCUT2D eigenvalue weighted by Crippen LogP contribution is 2.77. The minimum absolute atomic E-state index is 0.0167. The van der Waals surface area contributed by atoms with Crippen LogP contribution in [-0.4, -0.2) is 98.5 Å². The molecule has 11 nitrogen and oxygen atoms in total. The van der Waals surface area contributed by atoms with Crippen molar-refractivity contribution in [3.8, 4) is 11.5 Å². The van der Waals surface area contributed by atoms with Crippen molar-refractivity contribution in [3.05, 3.63) is 87.5 Å². The first-order valence-corrected chi connectivity index (χ1v) is 26.1. The molecule has 368 valence electrons. The summed E-state index contributed by atoms with van der Waals surface area (Å²) in [5.74, 6) is 2.41. The zero-order valence-corrected chi connectivity index (χ0v) is 42.1. The molecule has 0 spiro atoms. The van der Waals surface area contributed by atoms with Crippen molar-refractivity contribution in [2.45, 2.75) is 147 Å². The van der Waals surface area contributed by atoms with Gasteiger partial charge < -0.3 is 45.1 Å². The molecular formula is C56H74N2O9S. The van der Waals surface area contributed by atoms with Gasteiger partial charge in [0.05, 0.1) is 42.4 Å². The Kier molecular flexibility index (Phi) is 14.1. The Morgan fingerprint density at radius 1 is 0.926 bits per heavy atom. The fourth-order valence-corrected chi connectivity index (χ4v) is 14.9. The Morgan fingerprint density at radius 2 is 1.66 bits per heavy atom. The van der Waals surface area contributed by atoms with Crippen LogP contribution in [0.4, 0.5) is 5.69 Å². The molecule has 3 saturated carbocycles. The number of benzene rings is 2. The Bertz CT molecular complexity index is 2420. The van der Waals surface area contributed by atoms with E-state index in [9.17, 15) is 30.3 Å². The van der Waals surface area contributed by atoms with Gasteiger partial charge in [0.1, 0.15) is 29.3 Å². The molecule has 7 aliphatic rings. The van der Waals surface area contributed by atoms with Gasteiger partial charge in [-0.2, -0.15) is 0 Å². The molecule has 17 atom stereocenters. The Labute approximate surface area is 407 Å². The molecule has 1 saturated heterocycles. The predicted molar refractivity (Wildman–Crippen MR) is 267 cm³/mol. The summed E-state index contributed by atoms with van der Waals surface area (Å²) < 4.78 is 20.9. The van der Waals surface area contributed by atoms with Gasteiger partial charge in [-0.25, -0.2) is 0 Å². The molecular weight excluding hydrogens is 877 g/mol. The van der Waals surface area contributed by atoms with Crippen molar-refractivity contribution < 1.29 is 44.5 Å². The van der Waals surface area contributed by atoms with Gasteiger partial charge in [0.2, 0.25) is 12.2 Å². The van der Waals surface area contributed by atoms with E-state index >= 15 is 0 Å². The standard InChI is InChI=1S/C56H74N2O9S/c1-27(2)13-12-21-56(9)22-20-35-52(67-56)34(18-16-28(3)4)45-47-42-30(6)41-33(19-17-29(5)54(64)57-23-24-59)51(63)31(7)43(41)46(48(42)47)44-32(8)68-40-15-11-10-14-36(40)58-50(44)49(45)53(35)66-55-38(62)25-37(61)39(26-60)65-55/h10-11,13-17,20,22,30-33,37-39,41-44,46-48,51,55,59-63H,12,18-19,21,23-26H2,1-9H3,(H,57,64). The molecule has 4 fully saturated rings. The number of aliphatic hydroxyl groups is 5. The van der Waals surface area contributed by atoms with Gasteiger partial charge in [0, 0.05) is 45.7 Å². The van der Waals surface area contributed by atoms with Crippen molar-refractivity contribution in [2.75, 3.05) is 19.8 Å². The number of allylic oxidation sites excluding steroid dienone is 5. The molecule has 6 N–H and O–H groups in total. The highest BCUT2D eigenvalue weighted by Gasteiger charge is 2.72. The number of carbonyl (C=O) groups excluding carboxylic acids is 1. The summed E-state index contributed by atoms with van der Waals surface area (Å²) in [5, 5.41) is 57.5. The number of aliphatic imine (C=N–C) groups is 1. The number of nitrogens with zero attached hydrogens (tertiary/aromatic N) is 1. The van der Waals surface area contributed by atoms with Crippen LogP contribution in [0.5, 0.6) is 11.5 Å². The molecule has 0 bridgehead atoms. The van der Waals surface area contributed by atoms with Crippen LogP contribution >= 0.6 is 11.8 Å². The number of hydrogen-bond donors (Lipinski definition) is 6.